The van der Waals surface area contributed by atoms with E-state index in [0.717, 1.165) is 0 Å². The van der Waals surface area contributed by atoms with Crippen LogP contribution in [0.25, 0.3) is 0 Å². The molecule has 0 aromatic heterocycles. The Bertz CT molecular complexity index is 816. The van der Waals surface area contributed by atoms with Crippen LogP contribution in [0.4, 0.5) is 5.69 Å². The Morgan fingerprint density at radius 1 is 1.17 bits per heavy atom. The smallest absolute Gasteiger partial charge is 0.338 e. The number of hydrogen-bond acceptors (Lipinski definition) is 4. The van der Waals surface area contributed by atoms with Crippen LogP contribution in [0, 0.1) is 6.92 Å². The summed E-state index contributed by atoms with van der Waals surface area (Å²) in [6.07, 6.45) is 0. The van der Waals surface area contributed by atoms with Crippen LogP contribution in [0.1, 0.15) is 21.5 Å². The Morgan fingerprint density at radius 3 is 2.43 bits per heavy atom. The van der Waals surface area contributed by atoms with E-state index < -0.39 is 16.0 Å². The number of methoxy groups -OCH3 is 1. The summed E-state index contributed by atoms with van der Waals surface area (Å²) >= 11 is 5.79. The Hall–Kier alpha value is -2.05. The lowest BCUT2D eigenvalue weighted by molar-refractivity contribution is 0.0600. The molecule has 2 aromatic carbocycles. The molecule has 0 fully saturated rings. The van der Waals surface area contributed by atoms with Crippen molar-refractivity contribution in [1.82, 2.24) is 0 Å². The molecular formula is C16H16ClNO4S. The van der Waals surface area contributed by atoms with Crippen molar-refractivity contribution in [2.45, 2.75) is 12.7 Å². The Balaban J connectivity index is 2.24. The average molecular weight is 354 g/mol. The van der Waals surface area contributed by atoms with E-state index in [2.05, 4.69) is 9.46 Å². The van der Waals surface area contributed by atoms with E-state index in [0.29, 0.717) is 27.4 Å². The summed E-state index contributed by atoms with van der Waals surface area (Å²) in [5.41, 5.74) is 1.80. The lowest BCUT2D eigenvalue weighted by Crippen LogP contribution is -2.17. The molecule has 0 heterocycles. The maximum Gasteiger partial charge on any atom is 0.338 e. The highest BCUT2D eigenvalue weighted by atomic mass is 35.5. The first kappa shape index (κ1) is 17.3. The minimum atomic E-state index is -3.62. The zero-order chi connectivity index (χ0) is 17.0. The topological polar surface area (TPSA) is 72.5 Å². The molecule has 2 aromatic rings. The van der Waals surface area contributed by atoms with Gasteiger partial charge in [0.1, 0.15) is 0 Å². The van der Waals surface area contributed by atoms with Gasteiger partial charge in [0.2, 0.25) is 10.0 Å². The summed E-state index contributed by atoms with van der Waals surface area (Å²) in [5, 5.41) is 0.542. The summed E-state index contributed by atoms with van der Waals surface area (Å²) in [4.78, 5) is 11.7. The van der Waals surface area contributed by atoms with Crippen molar-refractivity contribution in [2.75, 3.05) is 11.8 Å². The van der Waals surface area contributed by atoms with Crippen LogP contribution in [-0.2, 0) is 20.5 Å². The molecule has 0 radical (unpaired) electrons. The quantitative estimate of drug-likeness (QED) is 0.836. The molecule has 23 heavy (non-hydrogen) atoms. The van der Waals surface area contributed by atoms with Gasteiger partial charge in [0, 0.05) is 5.02 Å². The monoisotopic (exact) mass is 353 g/mol. The van der Waals surface area contributed by atoms with Crippen molar-refractivity contribution in [3.8, 4) is 0 Å². The molecule has 0 atom stereocenters. The van der Waals surface area contributed by atoms with Crippen molar-refractivity contribution in [3.05, 3.63) is 64.2 Å². The Kier molecular flexibility index (Phi) is 5.28. The molecule has 1 N–H and O–H groups in total. The summed E-state index contributed by atoms with van der Waals surface area (Å²) in [6.45, 7) is 1.66. The molecule has 0 amide bonds. The van der Waals surface area contributed by atoms with E-state index in [4.69, 9.17) is 11.6 Å². The number of halogens is 1. The first-order valence-corrected chi connectivity index (χ1v) is 8.78. The number of carbonyl (C=O) groups excluding carboxylic acids is 1. The molecule has 0 bridgehead atoms. The SMILES string of the molecule is COC(=O)c1cccc(NS(=O)(=O)Cc2ccc(Cl)cc2)c1C. The van der Waals surface area contributed by atoms with Crippen LogP contribution >= 0.6 is 11.6 Å². The second kappa shape index (κ2) is 7.02. The highest BCUT2D eigenvalue weighted by Crippen LogP contribution is 2.22. The standard InChI is InChI=1S/C16H16ClNO4S/c1-11-14(16(19)22-2)4-3-5-15(11)18-23(20,21)10-12-6-8-13(17)9-7-12/h3-9,18H,10H2,1-2H3. The highest BCUT2D eigenvalue weighted by molar-refractivity contribution is 7.91. The summed E-state index contributed by atoms with van der Waals surface area (Å²) < 4.78 is 31.8. The Morgan fingerprint density at radius 2 is 1.83 bits per heavy atom. The number of anilines is 1. The van der Waals surface area contributed by atoms with Gasteiger partial charge in [-0.15, -0.1) is 0 Å². The predicted octanol–water partition coefficient (Wildman–Crippen LogP) is 3.38. The fourth-order valence-electron chi connectivity index (χ4n) is 2.08. The van der Waals surface area contributed by atoms with Gasteiger partial charge >= 0.3 is 5.97 Å². The third-order valence-corrected chi connectivity index (χ3v) is 4.77. The Labute approximate surface area is 140 Å². The molecule has 0 spiro atoms. The van der Waals surface area contributed by atoms with Crippen molar-refractivity contribution in [1.29, 1.82) is 0 Å². The maximum atomic E-state index is 12.3. The molecule has 122 valence electrons. The van der Waals surface area contributed by atoms with Crippen LogP contribution in [0.5, 0.6) is 0 Å². The van der Waals surface area contributed by atoms with Gasteiger partial charge in [-0.1, -0.05) is 29.8 Å². The fourth-order valence-corrected chi connectivity index (χ4v) is 3.47. The molecule has 0 aliphatic rings. The first-order chi connectivity index (χ1) is 10.8. The highest BCUT2D eigenvalue weighted by Gasteiger charge is 2.17. The first-order valence-electron chi connectivity index (χ1n) is 6.75. The number of ether oxygens (including phenoxy) is 1. The van der Waals surface area contributed by atoms with Crippen LogP contribution in [0.3, 0.4) is 0 Å². The van der Waals surface area contributed by atoms with E-state index in [1.54, 1.807) is 49.4 Å². The zero-order valence-corrected chi connectivity index (χ0v) is 14.2. The lowest BCUT2D eigenvalue weighted by Gasteiger charge is -2.13. The number of esters is 1. The minimum Gasteiger partial charge on any atom is -0.465 e. The molecule has 5 nitrogen and oxygen atoms in total. The van der Waals surface area contributed by atoms with Crippen LogP contribution in [0.2, 0.25) is 5.02 Å². The van der Waals surface area contributed by atoms with Crippen molar-refractivity contribution < 1.29 is 17.9 Å². The molecule has 2 rings (SSSR count). The van der Waals surface area contributed by atoms with E-state index in [1.807, 2.05) is 0 Å². The van der Waals surface area contributed by atoms with Crippen LogP contribution < -0.4 is 4.72 Å². The van der Waals surface area contributed by atoms with Gasteiger partial charge in [-0.2, -0.15) is 0 Å². The lowest BCUT2D eigenvalue weighted by atomic mass is 10.1. The molecule has 0 aliphatic carbocycles. The average Bonchev–Trinajstić information content (AvgIpc) is 2.50. The van der Waals surface area contributed by atoms with Gasteiger partial charge in [-0.05, 0) is 42.3 Å². The van der Waals surface area contributed by atoms with Gasteiger partial charge in [0.25, 0.3) is 0 Å². The number of sulfonamides is 1. The van der Waals surface area contributed by atoms with Crippen molar-refractivity contribution in [2.24, 2.45) is 0 Å². The molecule has 0 saturated carbocycles. The maximum absolute atomic E-state index is 12.3. The molecule has 7 heteroatoms. The number of rotatable bonds is 5. The third-order valence-electron chi connectivity index (χ3n) is 3.27. The van der Waals surface area contributed by atoms with Gasteiger partial charge in [0.05, 0.1) is 24.1 Å². The fraction of sp³-hybridized carbons (Fsp3) is 0.188. The largest absolute Gasteiger partial charge is 0.465 e. The van der Waals surface area contributed by atoms with Crippen molar-refractivity contribution >= 4 is 33.3 Å². The van der Waals surface area contributed by atoms with Crippen LogP contribution in [0.15, 0.2) is 42.5 Å². The molecule has 0 aliphatic heterocycles. The third kappa shape index (κ3) is 4.46. The molecular weight excluding hydrogens is 338 g/mol. The predicted molar refractivity (Wildman–Crippen MR) is 90.2 cm³/mol. The summed E-state index contributed by atoms with van der Waals surface area (Å²) in [7, 11) is -2.34. The second-order valence-corrected chi connectivity index (χ2v) is 7.12. The van der Waals surface area contributed by atoms with E-state index in [9.17, 15) is 13.2 Å². The number of benzene rings is 2. The van der Waals surface area contributed by atoms with Gasteiger partial charge in [0.15, 0.2) is 0 Å². The zero-order valence-electron chi connectivity index (χ0n) is 12.7. The normalized spacial score (nSPS) is 11.1. The second-order valence-electron chi connectivity index (χ2n) is 4.96. The van der Waals surface area contributed by atoms with Gasteiger partial charge < -0.3 is 4.74 Å². The van der Waals surface area contributed by atoms with Gasteiger partial charge in [-0.25, -0.2) is 13.2 Å². The molecule has 0 unspecified atom stereocenters. The van der Waals surface area contributed by atoms with Crippen LogP contribution in [-0.4, -0.2) is 21.5 Å². The van der Waals surface area contributed by atoms with Crippen molar-refractivity contribution in [3.63, 3.8) is 0 Å². The van der Waals surface area contributed by atoms with E-state index in [-0.39, 0.29) is 5.75 Å². The number of hydrogen-bond donors (Lipinski definition) is 1. The molecule has 0 saturated heterocycles. The number of nitrogens with one attached hydrogen (secondary N) is 1. The van der Waals surface area contributed by atoms with Gasteiger partial charge in [-0.3, -0.25) is 4.72 Å². The summed E-state index contributed by atoms with van der Waals surface area (Å²) in [5.74, 6) is -0.701. The summed E-state index contributed by atoms with van der Waals surface area (Å²) in [6, 6.07) is 11.3. The van der Waals surface area contributed by atoms with E-state index in [1.165, 1.54) is 7.11 Å². The minimum absolute atomic E-state index is 0.188. The van der Waals surface area contributed by atoms with E-state index >= 15 is 0 Å². The number of carbonyl (C=O) groups is 1.